The van der Waals surface area contributed by atoms with Gasteiger partial charge in [0.15, 0.2) is 0 Å². The minimum absolute atomic E-state index is 0.0525. The summed E-state index contributed by atoms with van der Waals surface area (Å²) in [5, 5.41) is -0.125. The van der Waals surface area contributed by atoms with Crippen LogP contribution < -0.4 is 4.90 Å². The molecule has 2 bridgehead atoms. The van der Waals surface area contributed by atoms with Gasteiger partial charge in [0.1, 0.15) is 11.6 Å². The van der Waals surface area contributed by atoms with E-state index in [1.807, 2.05) is 13.8 Å². The number of Topliss-reactive ketones (excluding diaryl/α,β-unsaturated/α-hetero) is 1. The highest BCUT2D eigenvalue weighted by atomic mass is 35.5. The summed E-state index contributed by atoms with van der Waals surface area (Å²) in [6, 6.07) is 0.830. The van der Waals surface area contributed by atoms with Gasteiger partial charge in [-0.1, -0.05) is 25.4 Å². The molecule has 1 aromatic rings. The van der Waals surface area contributed by atoms with Gasteiger partial charge in [-0.25, -0.2) is 13.4 Å². The Bertz CT molecular complexity index is 1010. The normalized spacial score (nSPS) is 29.0. The highest BCUT2D eigenvalue weighted by molar-refractivity contribution is 7.89. The second-order valence-corrected chi connectivity index (χ2v) is 11.7. The summed E-state index contributed by atoms with van der Waals surface area (Å²) in [4.78, 5) is 18.3. The molecule has 3 aliphatic rings. The van der Waals surface area contributed by atoms with Crippen molar-refractivity contribution < 1.29 is 26.4 Å². The van der Waals surface area contributed by atoms with Gasteiger partial charge in [-0.3, -0.25) is 4.79 Å². The Hall–Kier alpha value is -1.39. The van der Waals surface area contributed by atoms with Crippen molar-refractivity contribution in [1.82, 2.24) is 9.29 Å². The van der Waals surface area contributed by atoms with Crippen LogP contribution in [0.4, 0.5) is 19.0 Å². The van der Waals surface area contributed by atoms with Gasteiger partial charge in [0.25, 0.3) is 0 Å². The molecule has 1 aromatic heterocycles. The summed E-state index contributed by atoms with van der Waals surface area (Å²) in [6.45, 7) is 4.84. The quantitative estimate of drug-likeness (QED) is 0.660. The smallest absolute Gasteiger partial charge is 0.353 e. The zero-order chi connectivity index (χ0) is 22.8. The lowest BCUT2D eigenvalue weighted by atomic mass is 9.70. The van der Waals surface area contributed by atoms with Crippen LogP contribution in [0.1, 0.15) is 38.7 Å². The lowest BCUT2D eigenvalue weighted by Crippen LogP contribution is -2.53. The van der Waals surface area contributed by atoms with Gasteiger partial charge in [0, 0.05) is 44.2 Å². The minimum atomic E-state index is -4.54. The van der Waals surface area contributed by atoms with Crippen molar-refractivity contribution in [2.24, 2.45) is 16.7 Å². The summed E-state index contributed by atoms with van der Waals surface area (Å²) in [7, 11) is -3.67. The number of carbonyl (C=O) groups is 1. The highest BCUT2D eigenvalue weighted by Crippen LogP contribution is 2.64. The van der Waals surface area contributed by atoms with Gasteiger partial charge in [-0.2, -0.15) is 17.5 Å². The molecular weight excluding hydrogens is 455 g/mol. The maximum absolute atomic E-state index is 13.2. The molecule has 0 radical (unpaired) electrons. The Morgan fingerprint density at radius 2 is 1.87 bits per heavy atom. The van der Waals surface area contributed by atoms with Crippen LogP contribution in [0, 0.1) is 16.7 Å². The molecule has 11 heteroatoms. The number of hydrogen-bond donors (Lipinski definition) is 0. The molecule has 1 saturated heterocycles. The number of aromatic nitrogens is 1. The standard InChI is InChI=1S/C20H25ClF3N3O3S/c1-18(2)13-3-4-19(18,16(28)10-13)12-31(29,30)27-7-5-26(6-8-27)17-15(21)9-14(11-25-17)20(22,23)24/h9,11,13H,3-8,10,12H2,1-2H3/t13-,19+/m1/s1. The molecule has 0 amide bonds. The Morgan fingerprint density at radius 3 is 2.35 bits per heavy atom. The molecule has 0 N–H and O–H groups in total. The summed E-state index contributed by atoms with van der Waals surface area (Å²) >= 11 is 6.02. The zero-order valence-corrected chi connectivity index (χ0v) is 18.9. The summed E-state index contributed by atoms with van der Waals surface area (Å²) in [5.41, 5.74) is -2.09. The van der Waals surface area contributed by atoms with Crippen LogP contribution in [0.15, 0.2) is 12.3 Å². The number of alkyl halides is 3. The van der Waals surface area contributed by atoms with E-state index >= 15 is 0 Å². The van der Waals surface area contributed by atoms with E-state index in [2.05, 4.69) is 4.98 Å². The molecule has 2 aliphatic carbocycles. The first kappa shape index (κ1) is 22.8. The maximum Gasteiger partial charge on any atom is 0.417 e. The van der Waals surface area contributed by atoms with Crippen LogP contribution >= 0.6 is 11.6 Å². The SMILES string of the molecule is CC1(C)[C@@H]2CC[C@]1(CS(=O)(=O)N1CCN(c3ncc(C(F)(F)F)cc3Cl)CC1)C(=O)C2. The molecule has 0 spiro atoms. The van der Waals surface area contributed by atoms with Crippen molar-refractivity contribution in [2.75, 3.05) is 36.8 Å². The number of sulfonamides is 1. The number of fused-ring (bicyclic) bond motifs is 2. The number of pyridine rings is 1. The molecule has 0 aromatic carbocycles. The van der Waals surface area contributed by atoms with E-state index in [-0.39, 0.29) is 59.9 Å². The van der Waals surface area contributed by atoms with E-state index in [0.717, 1.165) is 18.7 Å². The van der Waals surface area contributed by atoms with Crippen molar-refractivity contribution in [2.45, 2.75) is 39.3 Å². The van der Waals surface area contributed by atoms with E-state index in [1.54, 1.807) is 4.90 Å². The average Bonchev–Trinajstić information content (AvgIpc) is 3.01. The fraction of sp³-hybridized carbons (Fsp3) is 0.700. The molecule has 31 heavy (non-hydrogen) atoms. The number of anilines is 1. The van der Waals surface area contributed by atoms with Gasteiger partial charge >= 0.3 is 6.18 Å². The van der Waals surface area contributed by atoms with Crippen molar-refractivity contribution in [3.63, 3.8) is 0 Å². The molecule has 0 unspecified atom stereocenters. The predicted molar refractivity (Wildman–Crippen MR) is 110 cm³/mol. The van der Waals surface area contributed by atoms with Crippen LogP contribution in [0.3, 0.4) is 0 Å². The fourth-order valence-corrected chi connectivity index (χ4v) is 8.00. The predicted octanol–water partition coefficient (Wildman–Crippen LogP) is 3.60. The number of piperazine rings is 1. The molecule has 6 nitrogen and oxygen atoms in total. The van der Waals surface area contributed by atoms with Gasteiger partial charge in [-0.15, -0.1) is 0 Å². The first-order valence-electron chi connectivity index (χ1n) is 10.3. The third-order valence-corrected chi connectivity index (χ3v) is 9.94. The van der Waals surface area contributed by atoms with Crippen molar-refractivity contribution in [1.29, 1.82) is 0 Å². The fourth-order valence-electron chi connectivity index (χ4n) is 5.51. The van der Waals surface area contributed by atoms with Gasteiger partial charge in [0.2, 0.25) is 10.0 Å². The van der Waals surface area contributed by atoms with Crippen LogP contribution in [0.25, 0.3) is 0 Å². The van der Waals surface area contributed by atoms with Gasteiger partial charge in [0.05, 0.1) is 16.3 Å². The molecule has 4 rings (SSSR count). The molecule has 2 atom stereocenters. The monoisotopic (exact) mass is 479 g/mol. The topological polar surface area (TPSA) is 70.6 Å². The highest BCUT2D eigenvalue weighted by Gasteiger charge is 2.65. The van der Waals surface area contributed by atoms with Crippen LogP contribution in [-0.4, -0.2) is 55.4 Å². The van der Waals surface area contributed by atoms with E-state index in [4.69, 9.17) is 11.6 Å². The number of halogens is 4. The summed E-state index contributed by atoms with van der Waals surface area (Å²) in [5.74, 6) is 0.314. The van der Waals surface area contributed by atoms with E-state index in [9.17, 15) is 26.4 Å². The molecular formula is C20H25ClF3N3O3S. The Balaban J connectivity index is 1.46. The number of rotatable bonds is 4. The second-order valence-electron chi connectivity index (χ2n) is 9.34. The third-order valence-electron chi connectivity index (χ3n) is 7.65. The zero-order valence-electron chi connectivity index (χ0n) is 17.4. The van der Waals surface area contributed by atoms with Crippen LogP contribution in [0.5, 0.6) is 0 Å². The van der Waals surface area contributed by atoms with E-state index in [0.29, 0.717) is 12.8 Å². The molecule has 3 fully saturated rings. The Morgan fingerprint density at radius 1 is 1.23 bits per heavy atom. The second kappa shape index (κ2) is 7.31. The van der Waals surface area contributed by atoms with Crippen LogP contribution in [-0.2, 0) is 21.0 Å². The molecule has 172 valence electrons. The van der Waals surface area contributed by atoms with Gasteiger partial charge < -0.3 is 4.90 Å². The minimum Gasteiger partial charge on any atom is -0.353 e. The summed E-state index contributed by atoms with van der Waals surface area (Å²) in [6.07, 6.45) is -1.87. The van der Waals surface area contributed by atoms with Crippen molar-refractivity contribution in [3.05, 3.63) is 22.8 Å². The first-order valence-corrected chi connectivity index (χ1v) is 12.3. The van der Waals surface area contributed by atoms with E-state index < -0.39 is 27.2 Å². The molecule has 1 aliphatic heterocycles. The Kier molecular flexibility index (Phi) is 5.38. The van der Waals surface area contributed by atoms with E-state index in [1.165, 1.54) is 4.31 Å². The molecule has 2 saturated carbocycles. The lowest BCUT2D eigenvalue weighted by molar-refractivity contribution is -0.137. The first-order chi connectivity index (χ1) is 14.3. The van der Waals surface area contributed by atoms with Crippen LogP contribution in [0.2, 0.25) is 5.02 Å². The number of hydrogen-bond acceptors (Lipinski definition) is 5. The Labute approximate surface area is 184 Å². The number of carbonyl (C=O) groups excluding carboxylic acids is 1. The third kappa shape index (κ3) is 3.64. The lowest BCUT2D eigenvalue weighted by Gasteiger charge is -2.40. The number of ketones is 1. The largest absolute Gasteiger partial charge is 0.417 e. The van der Waals surface area contributed by atoms with Crippen molar-refractivity contribution in [3.8, 4) is 0 Å². The number of nitrogens with zero attached hydrogens (tertiary/aromatic N) is 3. The maximum atomic E-state index is 13.2. The average molecular weight is 480 g/mol. The van der Waals surface area contributed by atoms with Crippen molar-refractivity contribution >= 4 is 33.2 Å². The van der Waals surface area contributed by atoms with Gasteiger partial charge in [-0.05, 0) is 30.2 Å². The summed E-state index contributed by atoms with van der Waals surface area (Å²) < 4.78 is 66.3. The molecule has 2 heterocycles.